The molecule has 100 valence electrons. The van der Waals surface area contributed by atoms with E-state index in [1.807, 2.05) is 0 Å². The van der Waals surface area contributed by atoms with Gasteiger partial charge in [0.2, 0.25) is 5.91 Å². The van der Waals surface area contributed by atoms with Crippen molar-refractivity contribution in [1.82, 2.24) is 10.2 Å². The Kier molecular flexibility index (Phi) is 5.75. The van der Waals surface area contributed by atoms with Crippen LogP contribution in [0.5, 0.6) is 0 Å². The first-order valence-corrected chi connectivity index (χ1v) is 5.77. The molecule has 0 radical (unpaired) electrons. The standard InChI is InChI=1S/C10H16N4O4/c1-2-18-10(17)13-12-9(16)11-5-7-14-6-3-4-8(14)15/h2-7H2,1H3,(H,11,16)/b13-12+. The number of hydrogen-bond donors (Lipinski definition) is 1. The average Bonchev–Trinajstić information content (AvgIpc) is 2.73. The highest BCUT2D eigenvalue weighted by atomic mass is 16.5. The van der Waals surface area contributed by atoms with Crippen LogP contribution in [0.4, 0.5) is 9.59 Å². The molecule has 0 spiro atoms. The number of likely N-dealkylation sites (tertiary alicyclic amines) is 1. The second kappa shape index (κ2) is 7.36. The van der Waals surface area contributed by atoms with Gasteiger partial charge in [0.1, 0.15) is 0 Å². The van der Waals surface area contributed by atoms with Gasteiger partial charge < -0.3 is 15.0 Å². The maximum Gasteiger partial charge on any atom is 0.452 e. The third-order valence-corrected chi connectivity index (χ3v) is 2.32. The summed E-state index contributed by atoms with van der Waals surface area (Å²) < 4.78 is 4.46. The van der Waals surface area contributed by atoms with Crippen molar-refractivity contribution in [2.75, 3.05) is 26.2 Å². The lowest BCUT2D eigenvalue weighted by Gasteiger charge is -2.14. The number of ether oxygens (including phenoxy) is 1. The summed E-state index contributed by atoms with van der Waals surface area (Å²) in [4.78, 5) is 34.8. The monoisotopic (exact) mass is 256 g/mol. The lowest BCUT2D eigenvalue weighted by atomic mass is 10.4. The van der Waals surface area contributed by atoms with E-state index in [9.17, 15) is 14.4 Å². The summed E-state index contributed by atoms with van der Waals surface area (Å²) in [5.74, 6) is 0.0948. The summed E-state index contributed by atoms with van der Waals surface area (Å²) in [6.45, 7) is 3.25. The number of nitrogens with zero attached hydrogens (tertiary/aromatic N) is 3. The van der Waals surface area contributed by atoms with Crippen molar-refractivity contribution in [2.24, 2.45) is 10.2 Å². The van der Waals surface area contributed by atoms with Gasteiger partial charge in [0.15, 0.2) is 0 Å². The van der Waals surface area contributed by atoms with Crippen LogP contribution in [0.1, 0.15) is 19.8 Å². The zero-order chi connectivity index (χ0) is 13.4. The highest BCUT2D eigenvalue weighted by Gasteiger charge is 2.19. The predicted octanol–water partition coefficient (Wildman–Crippen LogP) is 0.927. The van der Waals surface area contributed by atoms with Gasteiger partial charge in [-0.15, -0.1) is 0 Å². The van der Waals surface area contributed by atoms with Crippen molar-refractivity contribution in [3.8, 4) is 0 Å². The summed E-state index contributed by atoms with van der Waals surface area (Å²) in [5.41, 5.74) is 0. The predicted molar refractivity (Wildman–Crippen MR) is 61.1 cm³/mol. The number of nitrogens with one attached hydrogen (secondary N) is 1. The molecule has 0 aliphatic carbocycles. The topological polar surface area (TPSA) is 100 Å². The third-order valence-electron chi connectivity index (χ3n) is 2.32. The quantitative estimate of drug-likeness (QED) is 0.756. The van der Waals surface area contributed by atoms with Crippen molar-refractivity contribution in [2.45, 2.75) is 19.8 Å². The molecule has 18 heavy (non-hydrogen) atoms. The Labute approximate surface area is 104 Å². The van der Waals surface area contributed by atoms with E-state index in [4.69, 9.17) is 0 Å². The van der Waals surface area contributed by atoms with E-state index >= 15 is 0 Å². The maximum absolute atomic E-state index is 11.2. The Morgan fingerprint density at radius 3 is 2.83 bits per heavy atom. The van der Waals surface area contributed by atoms with Gasteiger partial charge in [0, 0.05) is 26.1 Å². The van der Waals surface area contributed by atoms with Gasteiger partial charge in [-0.2, -0.15) is 0 Å². The van der Waals surface area contributed by atoms with E-state index in [0.717, 1.165) is 13.0 Å². The fourth-order valence-electron chi connectivity index (χ4n) is 1.51. The van der Waals surface area contributed by atoms with Crippen LogP contribution in [0.3, 0.4) is 0 Å². The molecule has 1 saturated heterocycles. The zero-order valence-electron chi connectivity index (χ0n) is 10.2. The smallest absolute Gasteiger partial charge is 0.447 e. The Morgan fingerprint density at radius 1 is 1.44 bits per heavy atom. The molecule has 1 aliphatic rings. The SMILES string of the molecule is CCOC(=O)/N=N/C(=O)NCCN1CCCC1=O. The highest BCUT2D eigenvalue weighted by Crippen LogP contribution is 2.07. The second-order valence-electron chi connectivity index (χ2n) is 3.62. The molecule has 8 nitrogen and oxygen atoms in total. The van der Waals surface area contributed by atoms with Crippen molar-refractivity contribution in [3.05, 3.63) is 0 Å². The first-order valence-electron chi connectivity index (χ1n) is 5.77. The minimum atomic E-state index is -0.901. The van der Waals surface area contributed by atoms with Gasteiger partial charge in [0.05, 0.1) is 6.61 Å². The molecule has 0 bridgehead atoms. The van der Waals surface area contributed by atoms with E-state index < -0.39 is 12.1 Å². The molecule has 0 saturated carbocycles. The van der Waals surface area contributed by atoms with Crippen LogP contribution in [0.15, 0.2) is 10.2 Å². The van der Waals surface area contributed by atoms with Crippen molar-refractivity contribution >= 4 is 18.0 Å². The summed E-state index contributed by atoms with van der Waals surface area (Å²) >= 11 is 0. The number of carbonyl (C=O) groups is 3. The minimum Gasteiger partial charge on any atom is -0.447 e. The van der Waals surface area contributed by atoms with Gasteiger partial charge >= 0.3 is 12.1 Å². The molecule has 0 aromatic heterocycles. The second-order valence-corrected chi connectivity index (χ2v) is 3.62. The van der Waals surface area contributed by atoms with Crippen molar-refractivity contribution in [3.63, 3.8) is 0 Å². The normalized spacial score (nSPS) is 15.2. The van der Waals surface area contributed by atoms with Crippen LogP contribution in [0.2, 0.25) is 0 Å². The molecule has 4 amide bonds. The fourth-order valence-corrected chi connectivity index (χ4v) is 1.51. The molecule has 1 rings (SSSR count). The molecule has 1 aliphatic heterocycles. The van der Waals surface area contributed by atoms with Crippen LogP contribution in [-0.4, -0.2) is 49.2 Å². The number of carbonyl (C=O) groups excluding carboxylic acids is 3. The van der Waals surface area contributed by atoms with Gasteiger partial charge in [-0.25, -0.2) is 9.59 Å². The van der Waals surface area contributed by atoms with Gasteiger partial charge in [0.25, 0.3) is 0 Å². The van der Waals surface area contributed by atoms with Crippen LogP contribution >= 0.6 is 0 Å². The van der Waals surface area contributed by atoms with E-state index in [2.05, 4.69) is 20.3 Å². The Hall–Kier alpha value is -1.99. The Balaban J connectivity index is 2.17. The Morgan fingerprint density at radius 2 is 2.22 bits per heavy atom. The summed E-state index contributed by atoms with van der Waals surface area (Å²) in [7, 11) is 0. The lowest BCUT2D eigenvalue weighted by molar-refractivity contribution is -0.127. The van der Waals surface area contributed by atoms with Crippen molar-refractivity contribution < 1.29 is 19.1 Å². The zero-order valence-corrected chi connectivity index (χ0v) is 10.2. The number of amides is 4. The van der Waals surface area contributed by atoms with Crippen LogP contribution in [0.25, 0.3) is 0 Å². The fraction of sp³-hybridized carbons (Fsp3) is 0.700. The number of urea groups is 1. The van der Waals surface area contributed by atoms with Gasteiger partial charge in [-0.1, -0.05) is 10.2 Å². The molecule has 0 unspecified atom stereocenters. The first kappa shape index (κ1) is 14.1. The van der Waals surface area contributed by atoms with Crippen LogP contribution in [0, 0.1) is 0 Å². The van der Waals surface area contributed by atoms with E-state index in [1.54, 1.807) is 11.8 Å². The molecule has 8 heteroatoms. The Bertz CT molecular complexity index is 356. The van der Waals surface area contributed by atoms with Crippen molar-refractivity contribution in [1.29, 1.82) is 0 Å². The minimum absolute atomic E-state index is 0.0948. The van der Waals surface area contributed by atoms with E-state index in [0.29, 0.717) is 13.0 Å². The summed E-state index contributed by atoms with van der Waals surface area (Å²) in [6.07, 6.45) is 0.522. The summed E-state index contributed by atoms with van der Waals surface area (Å²) in [5, 5.41) is 8.60. The molecule has 0 aromatic carbocycles. The number of rotatable bonds is 4. The van der Waals surface area contributed by atoms with Gasteiger partial charge in [-0.05, 0) is 13.3 Å². The maximum atomic E-state index is 11.2. The number of azo groups is 1. The van der Waals surface area contributed by atoms with E-state index in [-0.39, 0.29) is 19.1 Å². The van der Waals surface area contributed by atoms with Crippen LogP contribution in [-0.2, 0) is 9.53 Å². The third kappa shape index (κ3) is 4.89. The molecule has 0 aromatic rings. The van der Waals surface area contributed by atoms with Gasteiger partial charge in [-0.3, -0.25) is 4.79 Å². The highest BCUT2D eigenvalue weighted by molar-refractivity contribution is 5.78. The van der Waals surface area contributed by atoms with Crippen LogP contribution < -0.4 is 5.32 Å². The first-order chi connectivity index (χ1) is 8.63. The molecular formula is C10H16N4O4. The average molecular weight is 256 g/mol. The lowest BCUT2D eigenvalue weighted by Crippen LogP contribution is -2.34. The molecular weight excluding hydrogens is 240 g/mol. The molecule has 1 heterocycles. The molecule has 1 fully saturated rings. The largest absolute Gasteiger partial charge is 0.452 e. The summed E-state index contributed by atoms with van der Waals surface area (Å²) in [6, 6.07) is -0.727. The molecule has 0 atom stereocenters. The number of hydrogen-bond acceptors (Lipinski definition) is 4. The van der Waals surface area contributed by atoms with E-state index in [1.165, 1.54) is 0 Å². The molecule has 1 N–H and O–H groups in total.